The zero-order chi connectivity index (χ0) is 16.2. The van der Waals surface area contributed by atoms with Crippen LogP contribution in [-0.4, -0.2) is 31.8 Å². The Labute approximate surface area is 130 Å². The molecule has 0 radical (unpaired) electrons. The van der Waals surface area contributed by atoms with E-state index in [-0.39, 0.29) is 6.61 Å². The molecule has 1 N–H and O–H groups in total. The molecule has 1 atom stereocenters. The lowest BCUT2D eigenvalue weighted by Gasteiger charge is -2.29. The fourth-order valence-electron chi connectivity index (χ4n) is 2.16. The summed E-state index contributed by atoms with van der Waals surface area (Å²) in [6.45, 7) is 6.61. The molecule has 6 heteroatoms. The van der Waals surface area contributed by atoms with Gasteiger partial charge in [0.15, 0.2) is 0 Å². The summed E-state index contributed by atoms with van der Waals surface area (Å²) < 4.78 is 40.6. The molecule has 0 heterocycles. The van der Waals surface area contributed by atoms with Crippen LogP contribution in [0.3, 0.4) is 0 Å². The van der Waals surface area contributed by atoms with E-state index < -0.39 is 16.0 Å². The Hall–Kier alpha value is -0.170. The number of hydrogen-bond acceptors (Lipinski definition) is 4. The predicted molar refractivity (Wildman–Crippen MR) is 84.8 cm³/mol. The monoisotopic (exact) mass is 324 g/mol. The van der Waals surface area contributed by atoms with E-state index in [0.29, 0.717) is 6.61 Å². The first kappa shape index (κ1) is 20.8. The Balaban J connectivity index is 4.23. The molecule has 0 aliphatic rings. The van der Waals surface area contributed by atoms with Crippen LogP contribution >= 0.6 is 0 Å². The second-order valence-corrected chi connectivity index (χ2v) is 6.95. The average molecular weight is 324 g/mol. The third-order valence-electron chi connectivity index (χ3n) is 3.52. The van der Waals surface area contributed by atoms with Gasteiger partial charge in [0.2, 0.25) is 0 Å². The molecule has 0 fully saturated rings. The maximum absolute atomic E-state index is 10.7. The third kappa shape index (κ3) is 13.2. The molecule has 21 heavy (non-hydrogen) atoms. The molecule has 0 aromatic heterocycles. The molecule has 0 aliphatic carbocycles. The number of rotatable bonds is 14. The first-order valence-electron chi connectivity index (χ1n) is 8.09. The van der Waals surface area contributed by atoms with Crippen molar-refractivity contribution in [1.29, 1.82) is 0 Å². The summed E-state index contributed by atoms with van der Waals surface area (Å²) in [7, 11) is -4.41. The van der Waals surface area contributed by atoms with Crippen LogP contribution < -0.4 is 0 Å². The maximum Gasteiger partial charge on any atom is 0.397 e. The minimum Gasteiger partial charge on any atom is -0.373 e. The van der Waals surface area contributed by atoms with E-state index in [1.54, 1.807) is 0 Å². The van der Waals surface area contributed by atoms with Crippen molar-refractivity contribution < 1.29 is 21.9 Å². The van der Waals surface area contributed by atoms with Crippen molar-refractivity contribution in [1.82, 2.24) is 0 Å². The molecule has 128 valence electrons. The van der Waals surface area contributed by atoms with Crippen molar-refractivity contribution >= 4 is 10.4 Å². The highest BCUT2D eigenvalue weighted by Crippen LogP contribution is 2.22. The molecule has 0 aromatic rings. The normalized spacial score (nSPS) is 15.0. The van der Waals surface area contributed by atoms with Crippen LogP contribution in [0.15, 0.2) is 0 Å². The summed E-state index contributed by atoms with van der Waals surface area (Å²) in [6.07, 6.45) is 9.52. The quantitative estimate of drug-likeness (QED) is 0.384. The second-order valence-electron chi connectivity index (χ2n) is 5.86. The molecule has 0 rings (SSSR count). The Bertz CT molecular complexity index is 342. The van der Waals surface area contributed by atoms with Gasteiger partial charge in [-0.2, -0.15) is 8.42 Å². The highest BCUT2D eigenvalue weighted by atomic mass is 32.3. The van der Waals surface area contributed by atoms with Gasteiger partial charge in [-0.15, -0.1) is 0 Å². The molecule has 0 aromatic carbocycles. The van der Waals surface area contributed by atoms with Gasteiger partial charge >= 0.3 is 10.4 Å². The summed E-state index contributed by atoms with van der Waals surface area (Å²) in [5.74, 6) is 0. The van der Waals surface area contributed by atoms with Gasteiger partial charge in [-0.3, -0.25) is 4.55 Å². The Kier molecular flexibility index (Phi) is 11.3. The first-order valence-corrected chi connectivity index (χ1v) is 9.45. The van der Waals surface area contributed by atoms with E-state index in [4.69, 9.17) is 9.29 Å². The van der Waals surface area contributed by atoms with Crippen LogP contribution in [0.1, 0.15) is 78.6 Å². The van der Waals surface area contributed by atoms with E-state index in [0.717, 1.165) is 44.9 Å². The topological polar surface area (TPSA) is 72.8 Å². The Morgan fingerprint density at radius 3 is 2.05 bits per heavy atom. The number of hydrogen-bond donors (Lipinski definition) is 1. The summed E-state index contributed by atoms with van der Waals surface area (Å²) >= 11 is 0. The van der Waals surface area contributed by atoms with Crippen LogP contribution in [0.25, 0.3) is 0 Å². The van der Waals surface area contributed by atoms with Crippen molar-refractivity contribution in [2.24, 2.45) is 0 Å². The Morgan fingerprint density at radius 2 is 1.52 bits per heavy atom. The zero-order valence-electron chi connectivity index (χ0n) is 13.8. The van der Waals surface area contributed by atoms with Crippen molar-refractivity contribution in [2.45, 2.75) is 84.2 Å². The molecule has 1 unspecified atom stereocenters. The van der Waals surface area contributed by atoms with Gasteiger partial charge in [0.25, 0.3) is 0 Å². The second kappa shape index (κ2) is 11.4. The zero-order valence-corrected chi connectivity index (χ0v) is 14.6. The highest BCUT2D eigenvalue weighted by molar-refractivity contribution is 7.80. The van der Waals surface area contributed by atoms with Crippen LogP contribution in [0.4, 0.5) is 0 Å². The van der Waals surface area contributed by atoms with E-state index in [1.807, 2.05) is 6.92 Å². The lowest BCUT2D eigenvalue weighted by molar-refractivity contribution is -0.0686. The molecular formula is C15H32O5S. The minimum absolute atomic E-state index is 0.133. The van der Waals surface area contributed by atoms with Gasteiger partial charge in [-0.1, -0.05) is 58.8 Å². The van der Waals surface area contributed by atoms with E-state index in [2.05, 4.69) is 18.0 Å². The first-order chi connectivity index (χ1) is 9.83. The molecule has 5 nitrogen and oxygen atoms in total. The van der Waals surface area contributed by atoms with Crippen molar-refractivity contribution in [3.8, 4) is 0 Å². The van der Waals surface area contributed by atoms with Gasteiger partial charge in [-0.05, 0) is 19.8 Å². The Morgan fingerprint density at radius 1 is 0.952 bits per heavy atom. The molecule has 0 amide bonds. The van der Waals surface area contributed by atoms with Gasteiger partial charge in [0.05, 0.1) is 12.2 Å². The molecule has 0 spiro atoms. The molecule has 0 bridgehead atoms. The van der Waals surface area contributed by atoms with Gasteiger partial charge in [-0.25, -0.2) is 4.18 Å². The SMILES string of the molecule is CCCCCCOC(C)(CCCCCC)COS(=O)(=O)O. The van der Waals surface area contributed by atoms with E-state index in [1.165, 1.54) is 12.8 Å². The van der Waals surface area contributed by atoms with E-state index >= 15 is 0 Å². The minimum atomic E-state index is -4.41. The smallest absolute Gasteiger partial charge is 0.373 e. The lowest BCUT2D eigenvalue weighted by Crippen LogP contribution is -2.36. The van der Waals surface area contributed by atoms with Crippen LogP contribution in [-0.2, 0) is 19.3 Å². The van der Waals surface area contributed by atoms with Crippen molar-refractivity contribution in [2.75, 3.05) is 13.2 Å². The molecule has 0 saturated heterocycles. The van der Waals surface area contributed by atoms with Crippen molar-refractivity contribution in [3.05, 3.63) is 0 Å². The highest BCUT2D eigenvalue weighted by Gasteiger charge is 2.27. The average Bonchev–Trinajstić information content (AvgIpc) is 2.41. The van der Waals surface area contributed by atoms with Crippen molar-refractivity contribution in [3.63, 3.8) is 0 Å². The fraction of sp³-hybridized carbons (Fsp3) is 1.00. The molecule has 0 saturated carbocycles. The summed E-state index contributed by atoms with van der Waals surface area (Å²) in [4.78, 5) is 0. The molecular weight excluding hydrogens is 292 g/mol. The summed E-state index contributed by atoms with van der Waals surface area (Å²) in [5.41, 5.74) is -0.657. The van der Waals surface area contributed by atoms with E-state index in [9.17, 15) is 8.42 Å². The standard InChI is InChI=1S/C15H32O5S/c1-4-6-8-10-12-15(3,14-20-21(16,17)18)19-13-11-9-7-5-2/h4-14H2,1-3H3,(H,16,17,18). The van der Waals surface area contributed by atoms with Crippen LogP contribution in [0, 0.1) is 0 Å². The largest absolute Gasteiger partial charge is 0.397 e. The third-order valence-corrected chi connectivity index (χ3v) is 3.94. The number of ether oxygens (including phenoxy) is 1. The van der Waals surface area contributed by atoms with Gasteiger partial charge in [0.1, 0.15) is 0 Å². The van der Waals surface area contributed by atoms with Crippen LogP contribution in [0.5, 0.6) is 0 Å². The predicted octanol–water partition coefficient (Wildman–Crippen LogP) is 4.13. The summed E-state index contributed by atoms with van der Waals surface area (Å²) in [5, 5.41) is 0. The maximum atomic E-state index is 10.7. The fourth-order valence-corrected chi connectivity index (χ4v) is 2.56. The number of unbranched alkanes of at least 4 members (excludes halogenated alkanes) is 6. The van der Waals surface area contributed by atoms with Gasteiger partial charge < -0.3 is 4.74 Å². The summed E-state index contributed by atoms with van der Waals surface area (Å²) in [6, 6.07) is 0. The van der Waals surface area contributed by atoms with Crippen LogP contribution in [0.2, 0.25) is 0 Å². The molecule has 0 aliphatic heterocycles. The van der Waals surface area contributed by atoms with Gasteiger partial charge in [0, 0.05) is 6.61 Å². The lowest BCUT2D eigenvalue weighted by atomic mass is 9.98.